The highest BCUT2D eigenvalue weighted by Gasteiger charge is 2.35. The van der Waals surface area contributed by atoms with Crippen LogP contribution in [-0.2, 0) is 6.42 Å². The maximum Gasteiger partial charge on any atom is 0.123 e. The molecule has 4 aromatic rings. The Morgan fingerprint density at radius 2 is 1.86 bits per heavy atom. The van der Waals surface area contributed by atoms with E-state index in [4.69, 9.17) is 0 Å². The Bertz CT molecular complexity index is 1210. The zero-order chi connectivity index (χ0) is 23.5. The molecular weight excluding hydrogens is 432 g/mol. The van der Waals surface area contributed by atoms with Crippen LogP contribution in [-0.4, -0.2) is 50.3 Å². The molecule has 2 aliphatic heterocycles. The van der Waals surface area contributed by atoms with Crippen LogP contribution >= 0.6 is 0 Å². The van der Waals surface area contributed by atoms with Crippen LogP contribution in [0, 0.1) is 5.92 Å². The molecule has 2 saturated heterocycles. The summed E-state index contributed by atoms with van der Waals surface area (Å²) in [5, 5.41) is 12.9. The summed E-state index contributed by atoms with van der Waals surface area (Å²) in [5.41, 5.74) is 5.23. The van der Waals surface area contributed by atoms with Crippen LogP contribution in [0.4, 0.5) is 0 Å². The second-order valence-corrected chi connectivity index (χ2v) is 10.3. The van der Waals surface area contributed by atoms with Gasteiger partial charge in [0.2, 0.25) is 0 Å². The molecule has 0 radical (unpaired) electrons. The van der Waals surface area contributed by atoms with Crippen LogP contribution < -0.4 is 5.32 Å². The van der Waals surface area contributed by atoms with E-state index in [9.17, 15) is 0 Å². The van der Waals surface area contributed by atoms with Crippen LogP contribution in [0.2, 0.25) is 0 Å². The highest BCUT2D eigenvalue weighted by molar-refractivity contribution is 5.85. The van der Waals surface area contributed by atoms with Crippen molar-refractivity contribution in [3.63, 3.8) is 0 Å². The number of likely N-dealkylation sites (tertiary alicyclic amines) is 1. The van der Waals surface area contributed by atoms with Crippen molar-refractivity contribution in [1.29, 1.82) is 0 Å². The van der Waals surface area contributed by atoms with E-state index >= 15 is 0 Å². The van der Waals surface area contributed by atoms with Crippen molar-refractivity contribution in [2.24, 2.45) is 5.92 Å². The molecule has 182 valence electrons. The molecular formula is C29H36N6. The van der Waals surface area contributed by atoms with Crippen molar-refractivity contribution in [2.45, 2.75) is 57.0 Å². The van der Waals surface area contributed by atoms with E-state index in [1.807, 2.05) is 4.57 Å². The van der Waals surface area contributed by atoms with E-state index in [0.29, 0.717) is 18.0 Å². The third kappa shape index (κ3) is 4.78. The topological polar surface area (TPSA) is 61.8 Å². The molecule has 0 aliphatic carbocycles. The number of benzene rings is 2. The van der Waals surface area contributed by atoms with Gasteiger partial charge in [0.25, 0.3) is 0 Å². The molecule has 2 N–H and O–H groups in total. The molecule has 0 bridgehead atoms. The Morgan fingerprint density at radius 1 is 0.971 bits per heavy atom. The van der Waals surface area contributed by atoms with Gasteiger partial charge in [-0.3, -0.25) is 9.47 Å². The summed E-state index contributed by atoms with van der Waals surface area (Å²) in [6, 6.07) is 19.0. The molecule has 0 amide bonds. The minimum atomic E-state index is 0.584. The maximum atomic E-state index is 3.96. The summed E-state index contributed by atoms with van der Waals surface area (Å²) >= 11 is 0. The largest absolute Gasteiger partial charge is 0.361 e. The lowest BCUT2D eigenvalue weighted by atomic mass is 9.83. The molecule has 2 fully saturated rings. The number of piperidine rings is 2. The van der Waals surface area contributed by atoms with Crippen molar-refractivity contribution in [3.8, 4) is 5.69 Å². The molecule has 2 aliphatic rings. The fourth-order valence-electron chi connectivity index (χ4n) is 6.45. The second-order valence-electron chi connectivity index (χ2n) is 10.3. The van der Waals surface area contributed by atoms with Crippen molar-refractivity contribution in [1.82, 2.24) is 30.0 Å². The summed E-state index contributed by atoms with van der Waals surface area (Å²) < 4.78 is 1.97. The normalized spacial score (nSPS) is 23.6. The molecule has 2 aromatic heterocycles. The zero-order valence-corrected chi connectivity index (χ0v) is 20.4. The summed E-state index contributed by atoms with van der Waals surface area (Å²) in [5.74, 6) is 0.714. The van der Waals surface area contributed by atoms with Gasteiger partial charge in [0, 0.05) is 34.9 Å². The van der Waals surface area contributed by atoms with Gasteiger partial charge in [0.15, 0.2) is 0 Å². The van der Waals surface area contributed by atoms with Crippen molar-refractivity contribution >= 4 is 10.9 Å². The molecule has 6 rings (SSSR count). The lowest BCUT2D eigenvalue weighted by Gasteiger charge is -2.46. The third-order valence-electron chi connectivity index (χ3n) is 8.21. The summed E-state index contributed by atoms with van der Waals surface area (Å²) in [7, 11) is 0. The van der Waals surface area contributed by atoms with Gasteiger partial charge in [-0.25, -0.2) is 0 Å². The van der Waals surface area contributed by atoms with Gasteiger partial charge in [-0.05, 0) is 93.4 Å². The Kier molecular flexibility index (Phi) is 6.65. The predicted molar refractivity (Wildman–Crippen MR) is 141 cm³/mol. The van der Waals surface area contributed by atoms with E-state index in [-0.39, 0.29) is 0 Å². The van der Waals surface area contributed by atoms with Crippen LogP contribution in [0.25, 0.3) is 16.6 Å². The molecule has 3 atom stereocenters. The van der Waals surface area contributed by atoms with Crippen molar-refractivity contribution in [2.75, 3.05) is 19.6 Å². The number of nitrogens with one attached hydrogen (secondary N) is 2. The third-order valence-corrected chi connectivity index (χ3v) is 8.21. The Hall–Kier alpha value is -2.96. The SMILES string of the molecule is c1ccc(C2CCCCN2C2CCNCC2CCCc2c[nH]c3ccc(-n4cnnc4)cc23)cc1. The monoisotopic (exact) mass is 468 g/mol. The average molecular weight is 469 g/mol. The van der Waals surface area contributed by atoms with Gasteiger partial charge in [0.05, 0.1) is 0 Å². The number of aromatic nitrogens is 4. The Balaban J connectivity index is 1.15. The first-order valence-corrected chi connectivity index (χ1v) is 13.3. The molecule has 6 heteroatoms. The molecule has 35 heavy (non-hydrogen) atoms. The van der Waals surface area contributed by atoms with Crippen LogP contribution in [0.15, 0.2) is 67.4 Å². The molecule has 6 nitrogen and oxygen atoms in total. The maximum absolute atomic E-state index is 3.96. The van der Waals surface area contributed by atoms with E-state index in [1.54, 1.807) is 12.7 Å². The fourth-order valence-corrected chi connectivity index (χ4v) is 6.45. The minimum absolute atomic E-state index is 0.584. The highest BCUT2D eigenvalue weighted by Crippen LogP contribution is 2.37. The van der Waals surface area contributed by atoms with E-state index in [0.717, 1.165) is 25.2 Å². The summed E-state index contributed by atoms with van der Waals surface area (Å²) in [6.45, 7) is 3.54. The van der Waals surface area contributed by atoms with Gasteiger partial charge in [-0.15, -0.1) is 10.2 Å². The smallest absolute Gasteiger partial charge is 0.123 e. The molecule has 4 heterocycles. The van der Waals surface area contributed by atoms with E-state index < -0.39 is 0 Å². The number of fused-ring (bicyclic) bond motifs is 1. The van der Waals surface area contributed by atoms with Gasteiger partial charge < -0.3 is 10.3 Å². The van der Waals surface area contributed by atoms with Crippen LogP contribution in [0.1, 0.15) is 55.7 Å². The first kappa shape index (κ1) is 22.5. The van der Waals surface area contributed by atoms with E-state index in [2.05, 4.69) is 80.1 Å². The zero-order valence-electron chi connectivity index (χ0n) is 20.4. The van der Waals surface area contributed by atoms with Crippen molar-refractivity contribution in [3.05, 3.63) is 78.5 Å². The lowest BCUT2D eigenvalue weighted by Crippen LogP contribution is -2.52. The lowest BCUT2D eigenvalue weighted by molar-refractivity contribution is 0.0400. The minimum Gasteiger partial charge on any atom is -0.361 e. The Morgan fingerprint density at radius 3 is 2.74 bits per heavy atom. The summed E-state index contributed by atoms with van der Waals surface area (Å²) in [6.07, 6.45) is 14.6. The van der Waals surface area contributed by atoms with Crippen LogP contribution in [0.5, 0.6) is 0 Å². The number of rotatable bonds is 7. The first-order chi connectivity index (χ1) is 17.4. The molecule has 0 saturated carbocycles. The standard InChI is InChI=1S/C29H36N6/c1-2-7-22(8-3-1)28-11-4-5-16-35(28)29-14-15-30-18-24(29)10-6-9-23-19-31-27-13-12-25(17-26(23)27)34-20-32-33-21-34/h1-3,7-8,12-13,17,19-21,24,28-31H,4-6,9-11,14-16,18H2. The van der Waals surface area contributed by atoms with Gasteiger partial charge >= 0.3 is 0 Å². The van der Waals surface area contributed by atoms with Gasteiger partial charge in [0.1, 0.15) is 12.7 Å². The number of nitrogens with zero attached hydrogens (tertiary/aromatic N) is 4. The first-order valence-electron chi connectivity index (χ1n) is 13.3. The number of H-pyrrole nitrogens is 1. The average Bonchev–Trinajstić information content (AvgIpc) is 3.60. The predicted octanol–water partition coefficient (Wildman–Crippen LogP) is 5.28. The molecule has 3 unspecified atom stereocenters. The number of hydrogen-bond acceptors (Lipinski definition) is 4. The quantitative estimate of drug-likeness (QED) is 0.388. The Labute approximate surface area is 207 Å². The molecule has 2 aromatic carbocycles. The molecule has 0 spiro atoms. The van der Waals surface area contributed by atoms with Gasteiger partial charge in [-0.2, -0.15) is 0 Å². The fraction of sp³-hybridized carbons (Fsp3) is 0.448. The highest BCUT2D eigenvalue weighted by atomic mass is 15.2. The van der Waals surface area contributed by atoms with E-state index in [1.165, 1.54) is 67.1 Å². The number of aromatic amines is 1. The number of hydrogen-bond donors (Lipinski definition) is 2. The van der Waals surface area contributed by atoms with Gasteiger partial charge in [-0.1, -0.05) is 36.8 Å². The summed E-state index contributed by atoms with van der Waals surface area (Å²) in [4.78, 5) is 6.35. The van der Waals surface area contributed by atoms with Crippen LogP contribution in [0.3, 0.4) is 0 Å². The number of aryl methyl sites for hydroxylation is 1. The van der Waals surface area contributed by atoms with Crippen molar-refractivity contribution < 1.29 is 0 Å². The second kappa shape index (κ2) is 10.3.